The van der Waals surface area contributed by atoms with Gasteiger partial charge in [-0.2, -0.15) is 0 Å². The van der Waals surface area contributed by atoms with Crippen molar-refractivity contribution >= 4 is 27.5 Å². The SMILES string of the molecule is CCCCCN1C(=O)C(C)Oc2cc(Br)c(C)cc21. The molecular weight excluding hydrogens is 306 g/mol. The minimum Gasteiger partial charge on any atom is -0.479 e. The number of aryl methyl sites for hydroxylation is 1. The van der Waals surface area contributed by atoms with Crippen molar-refractivity contribution in [2.75, 3.05) is 11.4 Å². The molecule has 4 heteroatoms. The van der Waals surface area contributed by atoms with Crippen molar-refractivity contribution in [2.24, 2.45) is 0 Å². The maximum Gasteiger partial charge on any atom is 0.267 e. The van der Waals surface area contributed by atoms with Gasteiger partial charge in [-0.15, -0.1) is 0 Å². The second-order valence-corrected chi connectivity index (χ2v) is 5.88. The van der Waals surface area contributed by atoms with Crippen LogP contribution < -0.4 is 9.64 Å². The van der Waals surface area contributed by atoms with Crippen LogP contribution in [0.4, 0.5) is 5.69 Å². The lowest BCUT2D eigenvalue weighted by Crippen LogP contribution is -2.44. The minimum absolute atomic E-state index is 0.0605. The number of fused-ring (bicyclic) bond motifs is 1. The van der Waals surface area contributed by atoms with Crippen LogP contribution in [0.15, 0.2) is 16.6 Å². The Labute approximate surface area is 123 Å². The van der Waals surface area contributed by atoms with Crippen molar-refractivity contribution < 1.29 is 9.53 Å². The largest absolute Gasteiger partial charge is 0.479 e. The molecule has 104 valence electrons. The summed E-state index contributed by atoms with van der Waals surface area (Å²) in [6, 6.07) is 3.98. The number of ether oxygens (including phenoxy) is 1. The molecule has 0 aromatic heterocycles. The zero-order valence-electron chi connectivity index (χ0n) is 11.7. The summed E-state index contributed by atoms with van der Waals surface area (Å²) in [6.07, 6.45) is 2.93. The van der Waals surface area contributed by atoms with E-state index in [4.69, 9.17) is 4.74 Å². The molecule has 0 fully saturated rings. The first-order chi connectivity index (χ1) is 9.04. The van der Waals surface area contributed by atoms with E-state index < -0.39 is 6.10 Å². The van der Waals surface area contributed by atoms with E-state index in [1.165, 1.54) is 0 Å². The van der Waals surface area contributed by atoms with E-state index in [1.807, 2.05) is 30.9 Å². The number of carbonyl (C=O) groups is 1. The average molecular weight is 326 g/mol. The molecule has 0 N–H and O–H groups in total. The van der Waals surface area contributed by atoms with Crippen molar-refractivity contribution in [3.63, 3.8) is 0 Å². The fourth-order valence-corrected chi connectivity index (χ4v) is 2.61. The molecule has 0 bridgehead atoms. The topological polar surface area (TPSA) is 29.5 Å². The average Bonchev–Trinajstić information content (AvgIpc) is 2.37. The highest BCUT2D eigenvalue weighted by Gasteiger charge is 2.31. The normalized spacial score (nSPS) is 18.2. The van der Waals surface area contributed by atoms with Gasteiger partial charge in [0.2, 0.25) is 0 Å². The van der Waals surface area contributed by atoms with E-state index in [0.29, 0.717) is 0 Å². The standard InChI is InChI=1S/C15H20BrNO2/c1-4-5-6-7-17-13-8-10(2)12(16)9-14(13)19-11(3)15(17)18/h8-9,11H,4-7H2,1-3H3. The maximum absolute atomic E-state index is 12.3. The lowest BCUT2D eigenvalue weighted by Gasteiger charge is -2.33. The Kier molecular flexibility index (Phi) is 4.50. The van der Waals surface area contributed by atoms with Crippen LogP contribution in [0.1, 0.15) is 38.7 Å². The molecule has 1 amide bonds. The summed E-state index contributed by atoms with van der Waals surface area (Å²) in [4.78, 5) is 14.1. The molecule has 0 saturated carbocycles. The summed E-state index contributed by atoms with van der Waals surface area (Å²) in [5.41, 5.74) is 2.02. The Morgan fingerprint density at radius 2 is 2.11 bits per heavy atom. The van der Waals surface area contributed by atoms with Crippen LogP contribution in [-0.4, -0.2) is 18.6 Å². The lowest BCUT2D eigenvalue weighted by atomic mass is 10.1. The molecule has 0 saturated heterocycles. The van der Waals surface area contributed by atoms with E-state index in [9.17, 15) is 4.79 Å². The van der Waals surface area contributed by atoms with Gasteiger partial charge in [-0.25, -0.2) is 0 Å². The van der Waals surface area contributed by atoms with Crippen LogP contribution >= 0.6 is 15.9 Å². The number of hydrogen-bond donors (Lipinski definition) is 0. The molecule has 1 atom stereocenters. The van der Waals surface area contributed by atoms with Crippen LogP contribution in [0.2, 0.25) is 0 Å². The third-order valence-corrected chi connectivity index (χ3v) is 4.29. The maximum atomic E-state index is 12.3. The summed E-state index contributed by atoms with van der Waals surface area (Å²) in [5, 5.41) is 0. The van der Waals surface area contributed by atoms with Crippen LogP contribution in [0.3, 0.4) is 0 Å². The lowest BCUT2D eigenvalue weighted by molar-refractivity contribution is -0.125. The Hall–Kier alpha value is -1.03. The number of carbonyl (C=O) groups excluding carboxylic acids is 1. The first kappa shape index (κ1) is 14.4. The molecule has 3 nitrogen and oxygen atoms in total. The van der Waals surface area contributed by atoms with Crippen molar-refractivity contribution in [2.45, 2.75) is 46.1 Å². The van der Waals surface area contributed by atoms with Gasteiger partial charge in [-0.05, 0) is 38.0 Å². The molecular formula is C15H20BrNO2. The second-order valence-electron chi connectivity index (χ2n) is 5.03. The summed E-state index contributed by atoms with van der Waals surface area (Å²) in [5.74, 6) is 0.853. The van der Waals surface area contributed by atoms with Crippen molar-refractivity contribution in [3.8, 4) is 5.75 Å². The zero-order chi connectivity index (χ0) is 14.0. The highest BCUT2D eigenvalue weighted by molar-refractivity contribution is 9.10. The monoisotopic (exact) mass is 325 g/mol. The van der Waals surface area contributed by atoms with E-state index in [-0.39, 0.29) is 5.91 Å². The molecule has 1 unspecified atom stereocenters. The number of nitrogens with zero attached hydrogens (tertiary/aromatic N) is 1. The van der Waals surface area contributed by atoms with E-state index in [0.717, 1.165) is 47.3 Å². The molecule has 1 aromatic carbocycles. The Morgan fingerprint density at radius 1 is 1.37 bits per heavy atom. The predicted octanol–water partition coefficient (Wildman–Crippen LogP) is 4.06. The van der Waals surface area contributed by atoms with E-state index >= 15 is 0 Å². The van der Waals surface area contributed by atoms with Gasteiger partial charge in [0.25, 0.3) is 5.91 Å². The molecule has 1 heterocycles. The Bertz CT molecular complexity index is 487. The molecule has 0 spiro atoms. The van der Waals surface area contributed by atoms with E-state index in [1.54, 1.807) is 0 Å². The van der Waals surface area contributed by atoms with Gasteiger partial charge in [-0.3, -0.25) is 4.79 Å². The fourth-order valence-electron chi connectivity index (χ4n) is 2.28. The van der Waals surface area contributed by atoms with Gasteiger partial charge >= 0.3 is 0 Å². The van der Waals surface area contributed by atoms with Gasteiger partial charge in [0.15, 0.2) is 6.10 Å². The van der Waals surface area contributed by atoms with Gasteiger partial charge in [0.1, 0.15) is 5.75 Å². The van der Waals surface area contributed by atoms with Gasteiger partial charge in [0.05, 0.1) is 5.69 Å². The third kappa shape index (κ3) is 2.94. The second kappa shape index (κ2) is 5.95. The minimum atomic E-state index is -0.399. The molecule has 1 aliphatic heterocycles. The summed E-state index contributed by atoms with van der Waals surface area (Å²) < 4.78 is 6.71. The molecule has 2 rings (SSSR count). The Morgan fingerprint density at radius 3 is 2.79 bits per heavy atom. The van der Waals surface area contributed by atoms with Crippen molar-refractivity contribution in [3.05, 3.63) is 22.2 Å². The molecule has 19 heavy (non-hydrogen) atoms. The van der Waals surface area contributed by atoms with Gasteiger partial charge in [0, 0.05) is 11.0 Å². The number of unbranched alkanes of at least 4 members (excludes halogenated alkanes) is 2. The predicted molar refractivity (Wildman–Crippen MR) is 80.8 cm³/mol. The number of hydrogen-bond acceptors (Lipinski definition) is 2. The quantitative estimate of drug-likeness (QED) is 0.781. The number of halogens is 1. The Balaban J connectivity index is 2.32. The third-order valence-electron chi connectivity index (χ3n) is 3.43. The molecule has 1 aromatic rings. The van der Waals surface area contributed by atoms with Crippen LogP contribution in [0.5, 0.6) is 5.75 Å². The number of rotatable bonds is 4. The fraction of sp³-hybridized carbons (Fsp3) is 0.533. The highest BCUT2D eigenvalue weighted by Crippen LogP contribution is 2.38. The van der Waals surface area contributed by atoms with Crippen LogP contribution in [-0.2, 0) is 4.79 Å². The summed E-state index contributed by atoms with van der Waals surface area (Å²) in [6.45, 7) is 6.77. The molecule has 0 radical (unpaired) electrons. The highest BCUT2D eigenvalue weighted by atomic mass is 79.9. The number of benzene rings is 1. The smallest absolute Gasteiger partial charge is 0.267 e. The number of amides is 1. The van der Waals surface area contributed by atoms with Gasteiger partial charge < -0.3 is 9.64 Å². The first-order valence-corrected chi connectivity index (χ1v) is 7.62. The zero-order valence-corrected chi connectivity index (χ0v) is 13.3. The summed E-state index contributed by atoms with van der Waals surface area (Å²) in [7, 11) is 0. The van der Waals surface area contributed by atoms with Crippen LogP contribution in [0.25, 0.3) is 0 Å². The molecule has 0 aliphatic carbocycles. The van der Waals surface area contributed by atoms with Gasteiger partial charge in [-0.1, -0.05) is 35.7 Å². The summed E-state index contributed by atoms with van der Waals surface area (Å²) >= 11 is 3.51. The van der Waals surface area contributed by atoms with E-state index in [2.05, 4.69) is 22.9 Å². The number of anilines is 1. The first-order valence-electron chi connectivity index (χ1n) is 6.82. The molecule has 1 aliphatic rings. The van der Waals surface area contributed by atoms with Crippen molar-refractivity contribution in [1.82, 2.24) is 0 Å². The van der Waals surface area contributed by atoms with Crippen LogP contribution in [0, 0.1) is 6.92 Å². The van der Waals surface area contributed by atoms with Crippen molar-refractivity contribution in [1.29, 1.82) is 0 Å².